The second-order valence-electron chi connectivity index (χ2n) is 8.52. The maximum absolute atomic E-state index is 13.2. The highest BCUT2D eigenvalue weighted by atomic mass is 16.5. The van der Waals surface area contributed by atoms with Crippen LogP contribution in [0.1, 0.15) is 22.3 Å². The maximum atomic E-state index is 13.2. The summed E-state index contributed by atoms with van der Waals surface area (Å²) in [5.41, 5.74) is 2.36. The van der Waals surface area contributed by atoms with Crippen molar-refractivity contribution in [3.05, 3.63) is 96.3 Å². The van der Waals surface area contributed by atoms with Crippen molar-refractivity contribution >= 4 is 22.6 Å². The molecule has 1 saturated heterocycles. The number of likely N-dealkylation sites (tertiary alicyclic amines) is 1. The summed E-state index contributed by atoms with van der Waals surface area (Å²) in [5.74, 6) is -0.471. The molecule has 1 aliphatic rings. The molecule has 0 aliphatic carbocycles. The van der Waals surface area contributed by atoms with Gasteiger partial charge in [-0.3, -0.25) is 14.5 Å². The summed E-state index contributed by atoms with van der Waals surface area (Å²) in [6.45, 7) is 1.16. The lowest BCUT2D eigenvalue weighted by Crippen LogP contribution is -2.38. The fourth-order valence-electron chi connectivity index (χ4n) is 4.68. The predicted octanol–water partition coefficient (Wildman–Crippen LogP) is 3.57. The molecular weight excluding hydrogens is 428 g/mol. The van der Waals surface area contributed by atoms with Crippen LogP contribution in [0.3, 0.4) is 0 Å². The molecule has 34 heavy (non-hydrogen) atoms. The van der Waals surface area contributed by atoms with Gasteiger partial charge >= 0.3 is 5.97 Å². The number of nitrogens with zero attached hydrogens (tertiary/aromatic N) is 3. The number of carbonyl (C=O) groups is 2. The number of carbonyl (C=O) groups excluding carboxylic acids is 2. The Morgan fingerprint density at radius 1 is 1.03 bits per heavy atom. The highest BCUT2D eigenvalue weighted by Crippen LogP contribution is 2.24. The summed E-state index contributed by atoms with van der Waals surface area (Å²) in [6.07, 6.45) is 3.98. The summed E-state index contributed by atoms with van der Waals surface area (Å²) in [4.78, 5) is 27.8. The first-order valence-corrected chi connectivity index (χ1v) is 11.3. The van der Waals surface area contributed by atoms with Gasteiger partial charge in [0, 0.05) is 31.5 Å². The Bertz CT molecular complexity index is 1320. The summed E-state index contributed by atoms with van der Waals surface area (Å²) < 4.78 is 6.75. The van der Waals surface area contributed by atoms with E-state index in [1.165, 1.54) is 12.5 Å². The number of rotatable bonds is 6. The van der Waals surface area contributed by atoms with E-state index in [9.17, 15) is 9.59 Å². The topological polar surface area (TPSA) is 76.5 Å². The highest BCUT2D eigenvalue weighted by molar-refractivity contribution is 5.98. The summed E-state index contributed by atoms with van der Waals surface area (Å²) in [6, 6.07) is 23.1. The van der Waals surface area contributed by atoms with E-state index in [0.29, 0.717) is 30.8 Å². The molecule has 3 aromatic carbocycles. The van der Waals surface area contributed by atoms with Crippen molar-refractivity contribution in [1.29, 1.82) is 0 Å². The molecule has 5 rings (SSSR count). The fourth-order valence-corrected chi connectivity index (χ4v) is 4.68. The van der Waals surface area contributed by atoms with Crippen LogP contribution in [0.5, 0.6) is 0 Å². The number of aromatic nitrogens is 2. The molecule has 172 valence electrons. The summed E-state index contributed by atoms with van der Waals surface area (Å²) in [5, 5.41) is 9.72. The Morgan fingerprint density at radius 2 is 1.82 bits per heavy atom. The van der Waals surface area contributed by atoms with Crippen molar-refractivity contribution in [3.8, 4) is 5.69 Å². The number of para-hydroxylation sites is 1. The lowest BCUT2D eigenvalue weighted by Gasteiger charge is -2.22. The van der Waals surface area contributed by atoms with Crippen LogP contribution in [0.15, 0.2) is 85.2 Å². The average molecular weight is 455 g/mol. The molecule has 0 radical (unpaired) electrons. The molecule has 0 saturated carbocycles. The highest BCUT2D eigenvalue weighted by Gasteiger charge is 2.38. The third-order valence-corrected chi connectivity index (χ3v) is 6.31. The molecule has 1 fully saturated rings. The smallest absolute Gasteiger partial charge is 0.323 e. The van der Waals surface area contributed by atoms with E-state index in [1.807, 2.05) is 36.4 Å². The van der Waals surface area contributed by atoms with Gasteiger partial charge in [0.15, 0.2) is 0 Å². The van der Waals surface area contributed by atoms with Gasteiger partial charge in [-0.25, -0.2) is 4.68 Å². The Kier molecular flexibility index (Phi) is 6.10. The first-order valence-electron chi connectivity index (χ1n) is 11.3. The standard InChI is InChI=1S/C27H26N4O3/c1-34-27(33)25-16-22(18-30(25)17-19-11-12-20-7-2-3-8-21(20)15-19)29-26(32)23-9-4-5-10-24(23)31-14-6-13-28-31/h2-15,22,25H,16-18H2,1H3,(H,29,32)/t22-,25+/m1/s1. The van der Waals surface area contributed by atoms with Gasteiger partial charge in [0.05, 0.1) is 18.4 Å². The van der Waals surface area contributed by atoms with E-state index in [2.05, 4.69) is 45.6 Å². The largest absolute Gasteiger partial charge is 0.468 e. The van der Waals surface area contributed by atoms with Crippen LogP contribution < -0.4 is 5.32 Å². The molecule has 0 spiro atoms. The molecule has 1 aromatic heterocycles. The summed E-state index contributed by atoms with van der Waals surface area (Å²) in [7, 11) is 1.41. The number of fused-ring (bicyclic) bond motifs is 1. The molecule has 2 heterocycles. The summed E-state index contributed by atoms with van der Waals surface area (Å²) >= 11 is 0. The van der Waals surface area contributed by atoms with Gasteiger partial charge in [-0.2, -0.15) is 5.10 Å². The third kappa shape index (κ3) is 4.43. The van der Waals surface area contributed by atoms with Gasteiger partial charge in [-0.15, -0.1) is 0 Å². The van der Waals surface area contributed by atoms with Crippen LogP contribution in [0.25, 0.3) is 16.5 Å². The number of nitrogens with one attached hydrogen (secondary N) is 1. The van der Waals surface area contributed by atoms with Crippen molar-refractivity contribution in [2.75, 3.05) is 13.7 Å². The Labute approximate surface area is 197 Å². The lowest BCUT2D eigenvalue weighted by atomic mass is 10.1. The lowest BCUT2D eigenvalue weighted by molar-refractivity contribution is -0.146. The van der Waals surface area contributed by atoms with Gasteiger partial charge < -0.3 is 10.1 Å². The molecule has 0 bridgehead atoms. The number of benzene rings is 3. The van der Waals surface area contributed by atoms with E-state index < -0.39 is 6.04 Å². The van der Waals surface area contributed by atoms with Gasteiger partial charge in [-0.1, -0.05) is 48.5 Å². The number of esters is 1. The monoisotopic (exact) mass is 454 g/mol. The van der Waals surface area contributed by atoms with Crippen LogP contribution in [-0.4, -0.2) is 52.3 Å². The Morgan fingerprint density at radius 3 is 2.62 bits per heavy atom. The van der Waals surface area contributed by atoms with E-state index in [4.69, 9.17) is 4.74 Å². The first kappa shape index (κ1) is 21.9. The second-order valence-corrected chi connectivity index (χ2v) is 8.52. The average Bonchev–Trinajstić information content (AvgIpc) is 3.54. The van der Waals surface area contributed by atoms with E-state index in [0.717, 1.165) is 10.9 Å². The molecule has 0 unspecified atom stereocenters. The minimum atomic E-state index is -0.414. The van der Waals surface area contributed by atoms with E-state index >= 15 is 0 Å². The third-order valence-electron chi connectivity index (χ3n) is 6.31. The van der Waals surface area contributed by atoms with Crippen molar-refractivity contribution in [3.63, 3.8) is 0 Å². The molecule has 1 aliphatic heterocycles. The quantitative estimate of drug-likeness (QED) is 0.451. The first-order chi connectivity index (χ1) is 16.6. The molecule has 7 nitrogen and oxygen atoms in total. The normalized spacial score (nSPS) is 18.1. The number of hydrogen-bond acceptors (Lipinski definition) is 5. The van der Waals surface area contributed by atoms with Crippen LogP contribution in [0.2, 0.25) is 0 Å². The van der Waals surface area contributed by atoms with Gasteiger partial charge in [0.1, 0.15) is 6.04 Å². The molecule has 2 atom stereocenters. The SMILES string of the molecule is COC(=O)[C@@H]1C[C@@H](NC(=O)c2ccccc2-n2cccn2)CN1Cc1ccc2ccccc2c1. The van der Waals surface area contributed by atoms with Gasteiger partial charge in [0.2, 0.25) is 0 Å². The van der Waals surface area contributed by atoms with Crippen molar-refractivity contribution in [2.45, 2.75) is 25.0 Å². The van der Waals surface area contributed by atoms with E-state index in [1.54, 1.807) is 23.1 Å². The van der Waals surface area contributed by atoms with Crippen LogP contribution in [0, 0.1) is 0 Å². The minimum absolute atomic E-state index is 0.178. The van der Waals surface area contributed by atoms with Gasteiger partial charge in [-0.05, 0) is 47.0 Å². The molecule has 1 N–H and O–H groups in total. The molecule has 4 aromatic rings. The Hall–Kier alpha value is -3.97. The molecule has 7 heteroatoms. The number of methoxy groups -OCH3 is 1. The zero-order valence-corrected chi connectivity index (χ0v) is 18.9. The van der Waals surface area contributed by atoms with Crippen molar-refractivity contribution in [1.82, 2.24) is 20.0 Å². The van der Waals surface area contributed by atoms with Crippen molar-refractivity contribution < 1.29 is 14.3 Å². The molecule has 1 amide bonds. The maximum Gasteiger partial charge on any atom is 0.323 e. The van der Waals surface area contributed by atoms with Crippen molar-refractivity contribution in [2.24, 2.45) is 0 Å². The van der Waals surface area contributed by atoms with E-state index in [-0.39, 0.29) is 17.9 Å². The van der Waals surface area contributed by atoms with Crippen LogP contribution >= 0.6 is 0 Å². The number of hydrogen-bond donors (Lipinski definition) is 1. The molecular formula is C27H26N4O3. The zero-order valence-electron chi connectivity index (χ0n) is 18.9. The Balaban J connectivity index is 1.34. The van der Waals surface area contributed by atoms with Crippen LogP contribution in [0.4, 0.5) is 0 Å². The number of amides is 1. The van der Waals surface area contributed by atoms with Gasteiger partial charge in [0.25, 0.3) is 5.91 Å². The minimum Gasteiger partial charge on any atom is -0.468 e. The fraction of sp³-hybridized carbons (Fsp3) is 0.222. The van der Waals surface area contributed by atoms with Crippen LogP contribution in [-0.2, 0) is 16.1 Å². The zero-order chi connectivity index (χ0) is 23.5. The number of ether oxygens (including phenoxy) is 1. The second kappa shape index (κ2) is 9.49. The predicted molar refractivity (Wildman–Crippen MR) is 130 cm³/mol.